The summed E-state index contributed by atoms with van der Waals surface area (Å²) < 4.78 is 5.37. The van der Waals surface area contributed by atoms with Crippen molar-refractivity contribution in [3.05, 3.63) is 12.2 Å². The Bertz CT molecular complexity index is 247. The van der Waals surface area contributed by atoms with Gasteiger partial charge in [0.05, 0.1) is 6.61 Å². The molecule has 0 unspecified atom stereocenters. The van der Waals surface area contributed by atoms with E-state index in [4.69, 9.17) is 4.74 Å². The summed E-state index contributed by atoms with van der Waals surface area (Å²) in [5.41, 5.74) is 0.0722. The van der Waals surface area contributed by atoms with Gasteiger partial charge < -0.3 is 15.2 Å². The molecule has 2 N–H and O–H groups in total. The largest absolute Gasteiger partial charge is 0.396 e. The molecule has 3 nitrogen and oxygen atoms in total. The van der Waals surface area contributed by atoms with Crippen LogP contribution in [0.3, 0.4) is 0 Å². The lowest BCUT2D eigenvalue weighted by Gasteiger charge is -2.36. The predicted octanol–water partition coefficient (Wildman–Crippen LogP) is 1.72. The maximum Gasteiger partial charge on any atom is 0.0501 e. The van der Waals surface area contributed by atoms with E-state index in [0.29, 0.717) is 0 Å². The molecule has 0 bridgehead atoms. The fraction of sp³-hybridized carbons (Fsp3) is 0.857. The Labute approximate surface area is 104 Å². The van der Waals surface area contributed by atoms with Gasteiger partial charge in [-0.15, -0.1) is 0 Å². The molecule has 0 radical (unpaired) electrons. The maximum absolute atomic E-state index is 9.57. The van der Waals surface area contributed by atoms with E-state index >= 15 is 0 Å². The van der Waals surface area contributed by atoms with Crippen LogP contribution in [0.5, 0.6) is 0 Å². The molecular weight excluding hydrogens is 214 g/mol. The van der Waals surface area contributed by atoms with E-state index in [2.05, 4.69) is 17.5 Å². The van der Waals surface area contributed by atoms with Crippen LogP contribution >= 0.6 is 0 Å². The van der Waals surface area contributed by atoms with Crippen molar-refractivity contribution in [1.29, 1.82) is 0 Å². The molecule has 17 heavy (non-hydrogen) atoms. The van der Waals surface area contributed by atoms with Gasteiger partial charge in [0, 0.05) is 25.2 Å². The number of nitrogens with one attached hydrogen (secondary N) is 1. The average Bonchev–Trinajstić information content (AvgIpc) is 2.41. The molecule has 2 aliphatic rings. The summed E-state index contributed by atoms with van der Waals surface area (Å²) >= 11 is 0. The summed E-state index contributed by atoms with van der Waals surface area (Å²) in [6, 6.07) is 0. The van der Waals surface area contributed by atoms with Crippen molar-refractivity contribution in [2.75, 3.05) is 32.9 Å². The summed E-state index contributed by atoms with van der Waals surface area (Å²) in [5, 5.41) is 13.1. The van der Waals surface area contributed by atoms with E-state index in [0.717, 1.165) is 45.1 Å². The molecule has 0 amide bonds. The first kappa shape index (κ1) is 13.1. The Hall–Kier alpha value is -0.380. The lowest BCUT2D eigenvalue weighted by molar-refractivity contribution is -0.0156. The first-order valence-corrected chi connectivity index (χ1v) is 6.89. The van der Waals surface area contributed by atoms with Crippen LogP contribution in [0.2, 0.25) is 0 Å². The highest BCUT2D eigenvalue weighted by molar-refractivity contribution is 4.91. The number of aliphatic hydroxyl groups excluding tert-OH is 1. The number of aliphatic hydroxyl groups is 1. The SMILES string of the molecule is OCC1(CNC[C@H]2CC=CCC2)CCOCC1. The van der Waals surface area contributed by atoms with Gasteiger partial charge in [0.2, 0.25) is 0 Å². The maximum atomic E-state index is 9.57. The third-order valence-electron chi connectivity index (χ3n) is 4.20. The van der Waals surface area contributed by atoms with Crippen LogP contribution in [0.4, 0.5) is 0 Å². The minimum Gasteiger partial charge on any atom is -0.396 e. The molecule has 98 valence electrons. The first-order chi connectivity index (χ1) is 8.35. The van der Waals surface area contributed by atoms with Crippen molar-refractivity contribution in [3.63, 3.8) is 0 Å². The molecule has 3 heteroatoms. The monoisotopic (exact) mass is 239 g/mol. The molecule has 1 atom stereocenters. The highest BCUT2D eigenvalue weighted by atomic mass is 16.5. The van der Waals surface area contributed by atoms with Crippen molar-refractivity contribution in [2.24, 2.45) is 11.3 Å². The molecular formula is C14H25NO2. The molecule has 1 fully saturated rings. The highest BCUT2D eigenvalue weighted by Crippen LogP contribution is 2.29. The zero-order valence-corrected chi connectivity index (χ0v) is 10.7. The molecule has 0 spiro atoms. The smallest absolute Gasteiger partial charge is 0.0501 e. The molecule has 1 heterocycles. The lowest BCUT2D eigenvalue weighted by atomic mass is 9.81. The van der Waals surface area contributed by atoms with Crippen molar-refractivity contribution in [2.45, 2.75) is 32.1 Å². The number of rotatable bonds is 5. The van der Waals surface area contributed by atoms with Crippen molar-refractivity contribution >= 4 is 0 Å². The lowest BCUT2D eigenvalue weighted by Crippen LogP contribution is -2.43. The normalized spacial score (nSPS) is 28.2. The summed E-state index contributed by atoms with van der Waals surface area (Å²) in [7, 11) is 0. The topological polar surface area (TPSA) is 41.5 Å². The van der Waals surface area contributed by atoms with Gasteiger partial charge in [0.1, 0.15) is 0 Å². The van der Waals surface area contributed by atoms with Crippen molar-refractivity contribution in [1.82, 2.24) is 5.32 Å². The average molecular weight is 239 g/mol. The van der Waals surface area contributed by atoms with Gasteiger partial charge >= 0.3 is 0 Å². The molecule has 1 saturated heterocycles. The minimum atomic E-state index is 0.0722. The summed E-state index contributed by atoms with van der Waals surface area (Å²) in [5.74, 6) is 0.788. The van der Waals surface area contributed by atoms with Crippen molar-refractivity contribution < 1.29 is 9.84 Å². The van der Waals surface area contributed by atoms with E-state index in [9.17, 15) is 5.11 Å². The van der Waals surface area contributed by atoms with Crippen LogP contribution in [-0.2, 0) is 4.74 Å². The van der Waals surface area contributed by atoms with E-state index in [1.807, 2.05) is 0 Å². The second-order valence-electron chi connectivity index (χ2n) is 5.55. The number of allylic oxidation sites excluding steroid dienone is 2. The number of ether oxygens (including phenoxy) is 1. The number of hydrogen-bond acceptors (Lipinski definition) is 3. The minimum absolute atomic E-state index is 0.0722. The van der Waals surface area contributed by atoms with Gasteiger partial charge in [-0.3, -0.25) is 0 Å². The third-order valence-corrected chi connectivity index (χ3v) is 4.20. The van der Waals surface area contributed by atoms with Crippen LogP contribution < -0.4 is 5.32 Å². The van der Waals surface area contributed by atoms with E-state index in [-0.39, 0.29) is 12.0 Å². The summed E-state index contributed by atoms with van der Waals surface area (Å²) in [6.07, 6.45) is 10.3. The first-order valence-electron chi connectivity index (χ1n) is 6.89. The van der Waals surface area contributed by atoms with Gasteiger partial charge in [-0.05, 0) is 44.6 Å². The molecule has 2 rings (SSSR count). The predicted molar refractivity (Wildman–Crippen MR) is 68.9 cm³/mol. The number of hydrogen-bond donors (Lipinski definition) is 2. The molecule has 0 saturated carbocycles. The van der Waals surface area contributed by atoms with Crippen LogP contribution in [0.15, 0.2) is 12.2 Å². The quantitative estimate of drug-likeness (QED) is 0.718. The van der Waals surface area contributed by atoms with Crippen molar-refractivity contribution in [3.8, 4) is 0 Å². The molecule has 0 aromatic heterocycles. The zero-order chi connectivity index (χ0) is 12.0. The van der Waals surface area contributed by atoms with Gasteiger partial charge in [-0.2, -0.15) is 0 Å². The van der Waals surface area contributed by atoms with Gasteiger partial charge in [0.15, 0.2) is 0 Å². The highest BCUT2D eigenvalue weighted by Gasteiger charge is 2.31. The van der Waals surface area contributed by atoms with Gasteiger partial charge in [0.25, 0.3) is 0 Å². The Morgan fingerprint density at radius 2 is 2.12 bits per heavy atom. The third kappa shape index (κ3) is 3.80. The molecule has 0 aromatic carbocycles. The Morgan fingerprint density at radius 3 is 2.76 bits per heavy atom. The van der Waals surface area contributed by atoms with E-state index < -0.39 is 0 Å². The molecule has 0 aromatic rings. The zero-order valence-electron chi connectivity index (χ0n) is 10.7. The molecule has 1 aliphatic carbocycles. The fourth-order valence-corrected chi connectivity index (χ4v) is 2.78. The van der Waals surface area contributed by atoms with E-state index in [1.54, 1.807) is 0 Å². The standard InChI is InChI=1S/C14H25NO2/c16-12-14(6-8-17-9-7-14)11-15-10-13-4-2-1-3-5-13/h1-2,13,15-16H,3-12H2/t13-/m0/s1. The second-order valence-corrected chi connectivity index (χ2v) is 5.55. The van der Waals surface area contributed by atoms with Gasteiger partial charge in [-0.1, -0.05) is 12.2 Å². The Balaban J connectivity index is 1.70. The Morgan fingerprint density at radius 1 is 1.29 bits per heavy atom. The Kier molecular flexibility index (Phi) is 5.01. The summed E-state index contributed by atoms with van der Waals surface area (Å²) in [4.78, 5) is 0. The second kappa shape index (κ2) is 6.53. The van der Waals surface area contributed by atoms with Gasteiger partial charge in [-0.25, -0.2) is 0 Å². The molecule has 1 aliphatic heterocycles. The van der Waals surface area contributed by atoms with Crippen LogP contribution in [-0.4, -0.2) is 38.0 Å². The van der Waals surface area contributed by atoms with Crippen LogP contribution in [0.25, 0.3) is 0 Å². The van der Waals surface area contributed by atoms with E-state index in [1.165, 1.54) is 19.3 Å². The fourth-order valence-electron chi connectivity index (χ4n) is 2.78. The van der Waals surface area contributed by atoms with Crippen LogP contribution in [0.1, 0.15) is 32.1 Å². The summed E-state index contributed by atoms with van der Waals surface area (Å²) in [6.45, 7) is 3.91. The van der Waals surface area contributed by atoms with Crippen LogP contribution in [0, 0.1) is 11.3 Å².